The van der Waals surface area contributed by atoms with E-state index in [1.54, 1.807) is 42.3 Å². The van der Waals surface area contributed by atoms with Crippen molar-refractivity contribution in [1.82, 2.24) is 9.80 Å². The second-order valence-corrected chi connectivity index (χ2v) is 8.95. The highest BCUT2D eigenvalue weighted by Gasteiger charge is 2.46. The van der Waals surface area contributed by atoms with Gasteiger partial charge in [-0.15, -0.1) is 0 Å². The summed E-state index contributed by atoms with van der Waals surface area (Å²) in [6.45, 7) is 6.94. The highest BCUT2D eigenvalue weighted by atomic mass is 16.5. The van der Waals surface area contributed by atoms with Crippen molar-refractivity contribution in [3.8, 4) is 11.5 Å². The van der Waals surface area contributed by atoms with Crippen molar-refractivity contribution < 1.29 is 28.9 Å². The van der Waals surface area contributed by atoms with E-state index in [0.717, 1.165) is 26.1 Å². The van der Waals surface area contributed by atoms with Gasteiger partial charge in [-0.2, -0.15) is 0 Å². The summed E-state index contributed by atoms with van der Waals surface area (Å²) in [4.78, 5) is 30.3. The normalized spacial score (nSPS) is 20.1. The summed E-state index contributed by atoms with van der Waals surface area (Å²) >= 11 is 0. The summed E-state index contributed by atoms with van der Waals surface area (Å²) in [6, 6.07) is 13.5. The van der Waals surface area contributed by atoms with Gasteiger partial charge in [-0.25, -0.2) is 0 Å². The lowest BCUT2D eigenvalue weighted by Crippen LogP contribution is -2.38. The van der Waals surface area contributed by atoms with Gasteiger partial charge in [0.25, 0.3) is 11.7 Å². The number of ether oxygens (including phenoxy) is 3. The molecule has 192 valence electrons. The predicted molar refractivity (Wildman–Crippen MR) is 136 cm³/mol. The van der Waals surface area contributed by atoms with Crippen LogP contribution in [0.25, 0.3) is 5.76 Å². The molecule has 36 heavy (non-hydrogen) atoms. The summed E-state index contributed by atoms with van der Waals surface area (Å²) < 4.78 is 16.4. The molecule has 0 spiro atoms. The van der Waals surface area contributed by atoms with Crippen molar-refractivity contribution >= 4 is 17.4 Å². The summed E-state index contributed by atoms with van der Waals surface area (Å²) in [5.41, 5.74) is 1.25. The van der Waals surface area contributed by atoms with Crippen LogP contribution in [0, 0.1) is 0 Å². The van der Waals surface area contributed by atoms with Crippen LogP contribution in [0.15, 0.2) is 54.1 Å². The van der Waals surface area contributed by atoms with E-state index >= 15 is 0 Å². The number of carbonyl (C=O) groups excluding carboxylic acids is 2. The first kappa shape index (κ1) is 25.7. The third kappa shape index (κ3) is 5.71. The minimum atomic E-state index is -0.708. The van der Waals surface area contributed by atoms with Crippen molar-refractivity contribution in [2.75, 3.05) is 53.1 Å². The molecule has 4 rings (SSSR count). The average molecular weight is 495 g/mol. The Balaban J connectivity index is 1.65. The number of ketones is 1. The van der Waals surface area contributed by atoms with Crippen molar-refractivity contribution in [2.45, 2.75) is 25.8 Å². The molecule has 0 unspecified atom stereocenters. The maximum Gasteiger partial charge on any atom is 0.295 e. The molecule has 1 N–H and O–H groups in total. The minimum absolute atomic E-state index is 0.0850. The number of aliphatic hydroxyl groups is 1. The van der Waals surface area contributed by atoms with E-state index in [4.69, 9.17) is 14.2 Å². The van der Waals surface area contributed by atoms with Gasteiger partial charge >= 0.3 is 0 Å². The lowest BCUT2D eigenvalue weighted by atomic mass is 9.95. The van der Waals surface area contributed by atoms with Crippen LogP contribution < -0.4 is 9.47 Å². The quantitative estimate of drug-likeness (QED) is 0.307. The topological polar surface area (TPSA) is 88.5 Å². The molecule has 1 atom stereocenters. The number of amides is 1. The first-order chi connectivity index (χ1) is 17.5. The van der Waals surface area contributed by atoms with Gasteiger partial charge in [0.05, 0.1) is 38.5 Å². The van der Waals surface area contributed by atoms with Crippen molar-refractivity contribution in [3.63, 3.8) is 0 Å². The molecule has 1 amide bonds. The number of methoxy groups -OCH3 is 1. The summed E-state index contributed by atoms with van der Waals surface area (Å²) in [6.07, 6.45) is 1.59. The van der Waals surface area contributed by atoms with Crippen LogP contribution in [0.5, 0.6) is 11.5 Å². The second kappa shape index (κ2) is 12.1. The van der Waals surface area contributed by atoms with E-state index < -0.39 is 17.7 Å². The van der Waals surface area contributed by atoms with Crippen molar-refractivity contribution in [2.24, 2.45) is 0 Å². The Kier molecular flexibility index (Phi) is 8.61. The van der Waals surface area contributed by atoms with Crippen LogP contribution in [-0.4, -0.2) is 79.7 Å². The maximum absolute atomic E-state index is 13.2. The van der Waals surface area contributed by atoms with E-state index in [0.29, 0.717) is 55.4 Å². The predicted octanol–water partition coefficient (Wildman–Crippen LogP) is 3.63. The minimum Gasteiger partial charge on any atom is -0.507 e. The number of morpholine rings is 1. The summed E-state index contributed by atoms with van der Waals surface area (Å²) in [7, 11) is 1.57. The fraction of sp³-hybridized carbons (Fsp3) is 0.429. The van der Waals surface area contributed by atoms with Crippen molar-refractivity contribution in [1.29, 1.82) is 0 Å². The van der Waals surface area contributed by atoms with E-state index in [1.165, 1.54) is 0 Å². The number of carbonyl (C=O) groups is 2. The Morgan fingerprint density at radius 2 is 1.81 bits per heavy atom. The fourth-order valence-corrected chi connectivity index (χ4v) is 4.64. The van der Waals surface area contributed by atoms with E-state index in [2.05, 4.69) is 4.90 Å². The van der Waals surface area contributed by atoms with Crippen LogP contribution in [0.2, 0.25) is 0 Å². The van der Waals surface area contributed by atoms with Crippen LogP contribution in [-0.2, 0) is 14.3 Å². The molecule has 2 aromatic carbocycles. The first-order valence-corrected chi connectivity index (χ1v) is 12.5. The molecule has 0 aromatic heterocycles. The molecule has 2 heterocycles. The molecule has 2 aliphatic rings. The van der Waals surface area contributed by atoms with E-state index in [-0.39, 0.29) is 11.3 Å². The third-order valence-corrected chi connectivity index (χ3v) is 6.53. The molecule has 0 radical (unpaired) electrons. The molecular weight excluding hydrogens is 460 g/mol. The molecule has 0 aliphatic carbocycles. The third-order valence-electron chi connectivity index (χ3n) is 6.53. The Morgan fingerprint density at radius 1 is 1.06 bits per heavy atom. The molecule has 0 bridgehead atoms. The zero-order valence-electron chi connectivity index (χ0n) is 20.9. The largest absolute Gasteiger partial charge is 0.507 e. The molecule has 0 saturated carbocycles. The zero-order chi connectivity index (χ0) is 25.5. The standard InChI is InChI=1S/C28H34N2O6/c1-3-16-36-22-10-8-20(9-11-22)26(31)24-25(21-6-4-7-23(19-21)34-2)30(28(33)27(24)32)13-5-12-29-14-17-35-18-15-29/h4,6-11,19,25,31H,3,5,12-18H2,1-2H3/t25-/m1/s1. The highest BCUT2D eigenvalue weighted by molar-refractivity contribution is 6.46. The number of aliphatic hydroxyl groups excluding tert-OH is 1. The smallest absolute Gasteiger partial charge is 0.295 e. The maximum atomic E-state index is 13.2. The zero-order valence-corrected chi connectivity index (χ0v) is 20.9. The Morgan fingerprint density at radius 3 is 2.50 bits per heavy atom. The SMILES string of the molecule is CCCOc1ccc(C(O)=C2C(=O)C(=O)N(CCCN3CCOCC3)[C@@H]2c2cccc(OC)c2)cc1. The molecular formula is C28H34N2O6. The second-order valence-electron chi connectivity index (χ2n) is 8.95. The molecule has 2 aromatic rings. The summed E-state index contributed by atoms with van der Waals surface area (Å²) in [5.74, 6) is -0.184. The number of nitrogens with zero attached hydrogens (tertiary/aromatic N) is 2. The highest BCUT2D eigenvalue weighted by Crippen LogP contribution is 2.40. The van der Waals surface area contributed by atoms with E-state index in [9.17, 15) is 14.7 Å². The van der Waals surface area contributed by atoms with Gasteiger partial charge in [-0.1, -0.05) is 19.1 Å². The Bertz CT molecular complexity index is 1090. The van der Waals surface area contributed by atoms with Crippen LogP contribution >= 0.6 is 0 Å². The molecule has 2 aliphatic heterocycles. The molecule has 8 nitrogen and oxygen atoms in total. The number of benzene rings is 2. The van der Waals surface area contributed by atoms with Gasteiger partial charge in [-0.05, 0) is 54.8 Å². The molecule has 8 heteroatoms. The number of hydrogen-bond acceptors (Lipinski definition) is 7. The summed E-state index contributed by atoms with van der Waals surface area (Å²) in [5, 5.41) is 11.3. The van der Waals surface area contributed by atoms with Crippen LogP contribution in [0.4, 0.5) is 0 Å². The van der Waals surface area contributed by atoms with Gasteiger partial charge in [0.1, 0.15) is 17.3 Å². The van der Waals surface area contributed by atoms with Gasteiger partial charge in [0, 0.05) is 31.7 Å². The molecule has 2 fully saturated rings. The Hall–Kier alpha value is -3.36. The van der Waals surface area contributed by atoms with Gasteiger partial charge < -0.3 is 24.2 Å². The first-order valence-electron chi connectivity index (χ1n) is 12.5. The number of likely N-dealkylation sites (tertiary alicyclic amines) is 1. The fourth-order valence-electron chi connectivity index (χ4n) is 4.64. The monoisotopic (exact) mass is 494 g/mol. The molecule has 2 saturated heterocycles. The van der Waals surface area contributed by atoms with Gasteiger partial charge in [0.15, 0.2) is 0 Å². The number of rotatable bonds is 10. The van der Waals surface area contributed by atoms with Crippen LogP contribution in [0.3, 0.4) is 0 Å². The van der Waals surface area contributed by atoms with E-state index in [1.807, 2.05) is 25.1 Å². The number of Topliss-reactive ketones (excluding diaryl/α,β-unsaturated/α-hetero) is 1. The van der Waals surface area contributed by atoms with Gasteiger partial charge in [0.2, 0.25) is 0 Å². The average Bonchev–Trinajstić information content (AvgIpc) is 3.17. The van der Waals surface area contributed by atoms with Gasteiger partial charge in [-0.3, -0.25) is 14.5 Å². The lowest BCUT2D eigenvalue weighted by molar-refractivity contribution is -0.140. The number of hydrogen-bond donors (Lipinski definition) is 1. The Labute approximate surface area is 212 Å². The van der Waals surface area contributed by atoms with Crippen molar-refractivity contribution in [3.05, 3.63) is 65.2 Å². The lowest BCUT2D eigenvalue weighted by Gasteiger charge is -2.29. The van der Waals surface area contributed by atoms with Crippen LogP contribution in [0.1, 0.15) is 36.9 Å².